The summed E-state index contributed by atoms with van der Waals surface area (Å²) in [5.74, 6) is -0.0126. The highest BCUT2D eigenvalue weighted by molar-refractivity contribution is 5.81. The second-order valence-corrected chi connectivity index (χ2v) is 5.98. The smallest absolute Gasteiger partial charge is 0.344 e. The maximum atomic E-state index is 11.4. The van der Waals surface area contributed by atoms with Crippen molar-refractivity contribution < 1.29 is 24.1 Å². The molecule has 0 bridgehead atoms. The van der Waals surface area contributed by atoms with Crippen LogP contribution >= 0.6 is 0 Å². The lowest BCUT2D eigenvalue weighted by Gasteiger charge is -2.09. The zero-order valence-corrected chi connectivity index (χ0v) is 15.6. The summed E-state index contributed by atoms with van der Waals surface area (Å²) in [6.07, 6.45) is 1.19. The molecule has 11 heteroatoms. The molecule has 0 aliphatic heterocycles. The fourth-order valence-corrected chi connectivity index (χ4v) is 2.14. The van der Waals surface area contributed by atoms with E-state index in [9.17, 15) is 25.0 Å². The SMILES string of the molecule is CC(C)OC(=O)COc1ccc(/C=N\Nc2ccc([N+](=O)[O-])cc2[N+](=O)[O-])cc1. The molecule has 2 rings (SSSR count). The number of ether oxygens (including phenoxy) is 2. The van der Waals surface area contributed by atoms with Crippen molar-refractivity contribution in [1.82, 2.24) is 0 Å². The Morgan fingerprint density at radius 1 is 1.14 bits per heavy atom. The summed E-state index contributed by atoms with van der Waals surface area (Å²) in [7, 11) is 0. The minimum absolute atomic E-state index is 0.0143. The molecule has 1 N–H and O–H groups in total. The Bertz CT molecular complexity index is 926. The van der Waals surface area contributed by atoms with E-state index in [4.69, 9.17) is 9.47 Å². The number of rotatable bonds is 9. The summed E-state index contributed by atoms with van der Waals surface area (Å²) in [6, 6.07) is 9.78. The first-order valence-corrected chi connectivity index (χ1v) is 8.40. The summed E-state index contributed by atoms with van der Waals surface area (Å²) in [4.78, 5) is 31.8. The molecular formula is C18H18N4O7. The number of nitro groups is 2. The van der Waals surface area contributed by atoms with Crippen LogP contribution in [-0.4, -0.2) is 34.7 Å². The van der Waals surface area contributed by atoms with Gasteiger partial charge in [0.1, 0.15) is 11.4 Å². The summed E-state index contributed by atoms with van der Waals surface area (Å²) in [5, 5.41) is 25.7. The summed E-state index contributed by atoms with van der Waals surface area (Å²) < 4.78 is 10.3. The number of nitro benzene ring substituents is 2. The molecule has 0 aliphatic rings. The van der Waals surface area contributed by atoms with Crippen molar-refractivity contribution in [2.75, 3.05) is 12.0 Å². The van der Waals surface area contributed by atoms with Gasteiger partial charge in [0.05, 0.1) is 28.2 Å². The highest BCUT2D eigenvalue weighted by Crippen LogP contribution is 2.28. The van der Waals surface area contributed by atoms with E-state index >= 15 is 0 Å². The third-order valence-electron chi connectivity index (χ3n) is 3.39. The van der Waals surface area contributed by atoms with E-state index in [2.05, 4.69) is 10.5 Å². The predicted octanol–water partition coefficient (Wildman–Crippen LogP) is 3.28. The largest absolute Gasteiger partial charge is 0.482 e. The van der Waals surface area contributed by atoms with Crippen molar-refractivity contribution >= 4 is 29.2 Å². The number of esters is 1. The van der Waals surface area contributed by atoms with Crippen LogP contribution in [0.4, 0.5) is 17.1 Å². The van der Waals surface area contributed by atoms with Gasteiger partial charge in [0, 0.05) is 6.07 Å². The number of anilines is 1. The first kappa shape index (κ1) is 21.3. The number of carbonyl (C=O) groups is 1. The lowest BCUT2D eigenvalue weighted by molar-refractivity contribution is -0.393. The van der Waals surface area contributed by atoms with Gasteiger partial charge in [-0.2, -0.15) is 5.10 Å². The molecule has 0 aliphatic carbocycles. The quantitative estimate of drug-likeness (QED) is 0.291. The number of hydrogen-bond acceptors (Lipinski definition) is 9. The van der Waals surface area contributed by atoms with Crippen LogP contribution < -0.4 is 10.2 Å². The van der Waals surface area contributed by atoms with Gasteiger partial charge in [-0.25, -0.2) is 4.79 Å². The number of hydrazone groups is 1. The van der Waals surface area contributed by atoms with Crippen LogP contribution in [0.5, 0.6) is 5.75 Å². The number of benzene rings is 2. The van der Waals surface area contributed by atoms with Crippen LogP contribution in [0.1, 0.15) is 19.4 Å². The molecule has 0 aromatic heterocycles. The van der Waals surface area contributed by atoms with Crippen molar-refractivity contribution in [2.24, 2.45) is 5.10 Å². The normalized spacial score (nSPS) is 10.7. The van der Waals surface area contributed by atoms with Crippen LogP contribution in [0.15, 0.2) is 47.6 Å². The zero-order valence-electron chi connectivity index (χ0n) is 15.6. The molecule has 0 spiro atoms. The predicted molar refractivity (Wildman–Crippen MR) is 104 cm³/mol. The molecule has 0 atom stereocenters. The van der Waals surface area contributed by atoms with E-state index < -0.39 is 21.5 Å². The van der Waals surface area contributed by atoms with Crippen molar-refractivity contribution in [3.63, 3.8) is 0 Å². The molecule has 2 aromatic rings. The number of carbonyl (C=O) groups excluding carboxylic acids is 1. The molecule has 2 aromatic carbocycles. The lowest BCUT2D eigenvalue weighted by atomic mass is 10.2. The monoisotopic (exact) mass is 402 g/mol. The average Bonchev–Trinajstić information content (AvgIpc) is 2.66. The van der Waals surface area contributed by atoms with Crippen LogP contribution in [0.2, 0.25) is 0 Å². The van der Waals surface area contributed by atoms with Gasteiger partial charge < -0.3 is 9.47 Å². The third kappa shape index (κ3) is 6.57. The van der Waals surface area contributed by atoms with Gasteiger partial charge in [-0.3, -0.25) is 25.7 Å². The Labute approximate surface area is 165 Å². The van der Waals surface area contributed by atoms with Crippen LogP contribution in [0.3, 0.4) is 0 Å². The van der Waals surface area contributed by atoms with E-state index in [0.717, 1.165) is 12.1 Å². The number of nitrogens with one attached hydrogen (secondary N) is 1. The number of non-ortho nitro benzene ring substituents is 1. The van der Waals surface area contributed by atoms with E-state index in [1.807, 2.05) is 0 Å². The van der Waals surface area contributed by atoms with Crippen molar-refractivity contribution in [1.29, 1.82) is 0 Å². The molecule has 11 nitrogen and oxygen atoms in total. The molecule has 0 saturated heterocycles. The maximum Gasteiger partial charge on any atom is 0.344 e. The van der Waals surface area contributed by atoms with Gasteiger partial charge in [0.25, 0.3) is 5.69 Å². The molecule has 152 valence electrons. The van der Waals surface area contributed by atoms with Crippen molar-refractivity contribution in [3.8, 4) is 5.75 Å². The minimum atomic E-state index is -0.735. The molecule has 0 heterocycles. The van der Waals surface area contributed by atoms with E-state index in [-0.39, 0.29) is 24.1 Å². The van der Waals surface area contributed by atoms with Gasteiger partial charge in [-0.15, -0.1) is 0 Å². The van der Waals surface area contributed by atoms with Crippen LogP contribution in [0, 0.1) is 20.2 Å². The number of nitrogens with zero attached hydrogens (tertiary/aromatic N) is 3. The molecular weight excluding hydrogens is 384 g/mol. The topological polar surface area (TPSA) is 146 Å². The second-order valence-electron chi connectivity index (χ2n) is 5.98. The number of hydrogen-bond donors (Lipinski definition) is 1. The second kappa shape index (κ2) is 9.78. The summed E-state index contributed by atoms with van der Waals surface area (Å²) >= 11 is 0. The molecule has 0 unspecified atom stereocenters. The minimum Gasteiger partial charge on any atom is -0.482 e. The van der Waals surface area contributed by atoms with Gasteiger partial charge in [-0.1, -0.05) is 0 Å². The van der Waals surface area contributed by atoms with Gasteiger partial charge in [0.2, 0.25) is 0 Å². The highest BCUT2D eigenvalue weighted by atomic mass is 16.6. The lowest BCUT2D eigenvalue weighted by Crippen LogP contribution is -2.18. The fraction of sp³-hybridized carbons (Fsp3) is 0.222. The van der Waals surface area contributed by atoms with Crippen molar-refractivity contribution in [2.45, 2.75) is 20.0 Å². The standard InChI is InChI=1S/C18H18N4O7/c1-12(2)29-18(23)11-28-15-6-3-13(4-7-15)10-19-20-16-8-5-14(21(24)25)9-17(16)22(26)27/h3-10,12,20H,11H2,1-2H3/b19-10-. The first-order valence-electron chi connectivity index (χ1n) is 8.40. The fourth-order valence-electron chi connectivity index (χ4n) is 2.14. The summed E-state index contributed by atoms with van der Waals surface area (Å²) in [5.41, 5.74) is 2.31. The maximum absolute atomic E-state index is 11.4. The Balaban J connectivity index is 1.98. The van der Waals surface area contributed by atoms with Gasteiger partial charge in [-0.05, 0) is 49.7 Å². The molecule has 0 radical (unpaired) electrons. The van der Waals surface area contributed by atoms with E-state index in [1.165, 1.54) is 12.3 Å². The Morgan fingerprint density at radius 2 is 1.83 bits per heavy atom. The molecule has 0 amide bonds. The Hall–Kier alpha value is -4.02. The summed E-state index contributed by atoms with van der Waals surface area (Å²) in [6.45, 7) is 3.27. The van der Waals surface area contributed by atoms with Crippen LogP contribution in [-0.2, 0) is 9.53 Å². The first-order chi connectivity index (χ1) is 13.8. The molecule has 0 saturated carbocycles. The Kier molecular flexibility index (Phi) is 7.18. The van der Waals surface area contributed by atoms with Crippen molar-refractivity contribution in [3.05, 3.63) is 68.3 Å². The van der Waals surface area contributed by atoms with E-state index in [0.29, 0.717) is 11.3 Å². The van der Waals surface area contributed by atoms with Gasteiger partial charge >= 0.3 is 11.7 Å². The highest BCUT2D eigenvalue weighted by Gasteiger charge is 2.19. The van der Waals surface area contributed by atoms with E-state index in [1.54, 1.807) is 38.1 Å². The Morgan fingerprint density at radius 3 is 2.41 bits per heavy atom. The van der Waals surface area contributed by atoms with Gasteiger partial charge in [0.15, 0.2) is 6.61 Å². The average molecular weight is 402 g/mol. The molecule has 0 fully saturated rings. The van der Waals surface area contributed by atoms with Crippen LogP contribution in [0.25, 0.3) is 0 Å². The molecule has 29 heavy (non-hydrogen) atoms. The zero-order chi connectivity index (χ0) is 21.4. The third-order valence-corrected chi connectivity index (χ3v) is 3.39.